The standard InChI is InChI=1S/C7H12BrF/c1-5-2-3-6(8)4-7(5)9/h5-7H,2-4H2,1H3. The third-order valence-corrected chi connectivity index (χ3v) is 2.87. The summed E-state index contributed by atoms with van der Waals surface area (Å²) in [5.41, 5.74) is 0. The van der Waals surface area contributed by atoms with Crippen molar-refractivity contribution in [3.63, 3.8) is 0 Å². The first-order valence-electron chi connectivity index (χ1n) is 3.48. The lowest BCUT2D eigenvalue weighted by Crippen LogP contribution is -2.23. The molecule has 0 nitrogen and oxygen atoms in total. The van der Waals surface area contributed by atoms with Crippen LogP contribution in [0, 0.1) is 5.92 Å². The van der Waals surface area contributed by atoms with Crippen molar-refractivity contribution in [2.45, 2.75) is 37.2 Å². The second-order valence-electron chi connectivity index (χ2n) is 2.90. The largest absolute Gasteiger partial charge is 0.247 e. The molecule has 0 aromatic rings. The van der Waals surface area contributed by atoms with Crippen LogP contribution in [0.15, 0.2) is 0 Å². The van der Waals surface area contributed by atoms with E-state index in [1.807, 2.05) is 6.92 Å². The van der Waals surface area contributed by atoms with E-state index in [1.165, 1.54) is 0 Å². The van der Waals surface area contributed by atoms with E-state index >= 15 is 0 Å². The molecule has 1 saturated carbocycles. The van der Waals surface area contributed by atoms with Crippen molar-refractivity contribution in [1.29, 1.82) is 0 Å². The van der Waals surface area contributed by atoms with Gasteiger partial charge < -0.3 is 0 Å². The average Bonchev–Trinajstić information content (AvgIpc) is 1.80. The average molecular weight is 195 g/mol. The van der Waals surface area contributed by atoms with Crippen LogP contribution in [0.3, 0.4) is 0 Å². The molecule has 54 valence electrons. The van der Waals surface area contributed by atoms with Crippen LogP contribution in [0.2, 0.25) is 0 Å². The Morgan fingerprint density at radius 1 is 1.44 bits per heavy atom. The summed E-state index contributed by atoms with van der Waals surface area (Å²) in [6.07, 6.45) is 2.32. The van der Waals surface area contributed by atoms with E-state index in [4.69, 9.17) is 0 Å². The van der Waals surface area contributed by atoms with Gasteiger partial charge in [-0.25, -0.2) is 4.39 Å². The number of rotatable bonds is 0. The van der Waals surface area contributed by atoms with Crippen LogP contribution in [0.1, 0.15) is 26.2 Å². The van der Waals surface area contributed by atoms with Gasteiger partial charge in [0.1, 0.15) is 6.17 Å². The highest BCUT2D eigenvalue weighted by Gasteiger charge is 2.25. The maximum atomic E-state index is 12.8. The molecule has 3 atom stereocenters. The van der Waals surface area contributed by atoms with Gasteiger partial charge in [-0.2, -0.15) is 0 Å². The summed E-state index contributed by atoms with van der Waals surface area (Å²) < 4.78 is 12.8. The third-order valence-electron chi connectivity index (χ3n) is 2.03. The Balaban J connectivity index is 2.35. The van der Waals surface area contributed by atoms with E-state index in [0.717, 1.165) is 12.8 Å². The zero-order valence-electron chi connectivity index (χ0n) is 5.61. The van der Waals surface area contributed by atoms with Gasteiger partial charge in [-0.15, -0.1) is 0 Å². The Kier molecular flexibility index (Phi) is 2.50. The summed E-state index contributed by atoms with van der Waals surface area (Å²) in [6, 6.07) is 0. The molecule has 0 aliphatic heterocycles. The first kappa shape index (κ1) is 7.52. The van der Waals surface area contributed by atoms with Crippen molar-refractivity contribution in [3.8, 4) is 0 Å². The molecule has 3 unspecified atom stereocenters. The van der Waals surface area contributed by atoms with Gasteiger partial charge in [-0.3, -0.25) is 0 Å². The highest BCUT2D eigenvalue weighted by molar-refractivity contribution is 9.09. The highest BCUT2D eigenvalue weighted by Crippen LogP contribution is 2.30. The molecule has 0 spiro atoms. The fourth-order valence-corrected chi connectivity index (χ4v) is 1.84. The SMILES string of the molecule is CC1CCC(Br)CC1F. The minimum absolute atomic E-state index is 0.291. The lowest BCUT2D eigenvalue weighted by atomic mass is 9.89. The van der Waals surface area contributed by atoms with Crippen molar-refractivity contribution in [1.82, 2.24) is 0 Å². The van der Waals surface area contributed by atoms with Gasteiger partial charge in [0, 0.05) is 4.83 Å². The Morgan fingerprint density at radius 3 is 2.56 bits per heavy atom. The predicted octanol–water partition coefficient (Wildman–Crippen LogP) is 2.91. The number of halogens is 2. The predicted molar refractivity (Wildman–Crippen MR) is 40.6 cm³/mol. The Bertz CT molecular complexity index is 94.9. The van der Waals surface area contributed by atoms with Crippen molar-refractivity contribution < 1.29 is 4.39 Å². The minimum Gasteiger partial charge on any atom is -0.247 e. The lowest BCUT2D eigenvalue weighted by Gasteiger charge is -2.25. The zero-order valence-corrected chi connectivity index (χ0v) is 7.20. The Morgan fingerprint density at radius 2 is 2.11 bits per heavy atom. The first-order valence-corrected chi connectivity index (χ1v) is 4.40. The molecule has 0 N–H and O–H groups in total. The molecule has 9 heavy (non-hydrogen) atoms. The summed E-state index contributed by atoms with van der Waals surface area (Å²) in [4.78, 5) is 0.434. The van der Waals surface area contributed by atoms with E-state index in [-0.39, 0.29) is 0 Å². The second kappa shape index (κ2) is 3.00. The van der Waals surface area contributed by atoms with E-state index in [9.17, 15) is 4.39 Å². The van der Waals surface area contributed by atoms with E-state index in [1.54, 1.807) is 0 Å². The van der Waals surface area contributed by atoms with Crippen LogP contribution in [0.25, 0.3) is 0 Å². The normalized spacial score (nSPS) is 45.0. The van der Waals surface area contributed by atoms with Crippen LogP contribution in [0.5, 0.6) is 0 Å². The van der Waals surface area contributed by atoms with Crippen LogP contribution in [-0.4, -0.2) is 11.0 Å². The minimum atomic E-state index is -0.567. The van der Waals surface area contributed by atoms with E-state index in [0.29, 0.717) is 17.2 Å². The quantitative estimate of drug-likeness (QED) is 0.521. The molecule has 1 rings (SSSR count). The lowest BCUT2D eigenvalue weighted by molar-refractivity contribution is 0.185. The molecule has 0 heterocycles. The molecule has 2 heteroatoms. The molecule has 1 aliphatic rings. The summed E-state index contributed by atoms with van der Waals surface area (Å²) >= 11 is 3.42. The van der Waals surface area contributed by atoms with Gasteiger partial charge in [0.25, 0.3) is 0 Å². The Labute approximate surface area is 64.0 Å². The molecule has 1 fully saturated rings. The second-order valence-corrected chi connectivity index (χ2v) is 4.20. The van der Waals surface area contributed by atoms with Crippen molar-refractivity contribution in [3.05, 3.63) is 0 Å². The fourth-order valence-electron chi connectivity index (χ4n) is 1.22. The van der Waals surface area contributed by atoms with Crippen LogP contribution < -0.4 is 0 Å². The smallest absolute Gasteiger partial charge is 0.104 e. The molecule has 0 aromatic heterocycles. The molecule has 0 bridgehead atoms. The zero-order chi connectivity index (χ0) is 6.85. The Hall–Kier alpha value is 0.410. The molecule has 0 saturated heterocycles. The van der Waals surface area contributed by atoms with Crippen molar-refractivity contribution in [2.24, 2.45) is 5.92 Å². The summed E-state index contributed by atoms with van der Waals surface area (Å²) in [6.45, 7) is 1.99. The van der Waals surface area contributed by atoms with Crippen LogP contribution in [-0.2, 0) is 0 Å². The summed E-state index contributed by atoms with van der Waals surface area (Å²) in [5, 5.41) is 0. The maximum Gasteiger partial charge on any atom is 0.104 e. The van der Waals surface area contributed by atoms with Gasteiger partial charge in [0.15, 0.2) is 0 Å². The first-order chi connectivity index (χ1) is 4.20. The fraction of sp³-hybridized carbons (Fsp3) is 1.00. The summed E-state index contributed by atoms with van der Waals surface area (Å²) in [5.74, 6) is 0.291. The van der Waals surface area contributed by atoms with Gasteiger partial charge in [0.05, 0.1) is 0 Å². The number of alkyl halides is 2. The molecule has 0 radical (unpaired) electrons. The summed E-state index contributed by atoms with van der Waals surface area (Å²) in [7, 11) is 0. The monoisotopic (exact) mass is 194 g/mol. The number of hydrogen-bond donors (Lipinski definition) is 0. The van der Waals surface area contributed by atoms with Gasteiger partial charge in [0.2, 0.25) is 0 Å². The maximum absolute atomic E-state index is 12.8. The van der Waals surface area contributed by atoms with Crippen LogP contribution >= 0.6 is 15.9 Å². The van der Waals surface area contributed by atoms with Gasteiger partial charge in [-0.05, 0) is 25.2 Å². The van der Waals surface area contributed by atoms with Crippen LogP contribution in [0.4, 0.5) is 4.39 Å². The topological polar surface area (TPSA) is 0 Å². The third kappa shape index (κ3) is 1.92. The highest BCUT2D eigenvalue weighted by atomic mass is 79.9. The van der Waals surface area contributed by atoms with Gasteiger partial charge >= 0.3 is 0 Å². The molecule has 0 aromatic carbocycles. The van der Waals surface area contributed by atoms with Crippen molar-refractivity contribution >= 4 is 15.9 Å². The van der Waals surface area contributed by atoms with Gasteiger partial charge in [-0.1, -0.05) is 22.9 Å². The van der Waals surface area contributed by atoms with E-state index < -0.39 is 6.17 Å². The molecule has 1 aliphatic carbocycles. The molecule has 0 amide bonds. The molecular formula is C7H12BrF. The van der Waals surface area contributed by atoms with Crippen molar-refractivity contribution in [2.75, 3.05) is 0 Å². The number of hydrogen-bond acceptors (Lipinski definition) is 0. The van der Waals surface area contributed by atoms with E-state index in [2.05, 4.69) is 15.9 Å². The molecular weight excluding hydrogens is 183 g/mol.